The lowest BCUT2D eigenvalue weighted by Crippen LogP contribution is -2.39. The second-order valence-electron chi connectivity index (χ2n) is 4.81. The third-order valence-electron chi connectivity index (χ3n) is 3.62. The first-order valence-electron chi connectivity index (χ1n) is 6.27. The van der Waals surface area contributed by atoms with E-state index in [-0.39, 0.29) is 0 Å². The van der Waals surface area contributed by atoms with Gasteiger partial charge >= 0.3 is 0 Å². The van der Waals surface area contributed by atoms with Gasteiger partial charge in [-0.25, -0.2) is 0 Å². The number of nitrogens with zero attached hydrogens (tertiary/aromatic N) is 1. The normalized spacial score (nSPS) is 16.2. The molecular weight excluding hydrogens is 196 g/mol. The molecule has 1 fully saturated rings. The average molecular weight is 218 g/mol. The minimum Gasteiger partial charge on any atom is -0.384 e. The topological polar surface area (TPSA) is 15.3 Å². The van der Waals surface area contributed by atoms with Gasteiger partial charge in [0.1, 0.15) is 0 Å². The van der Waals surface area contributed by atoms with Crippen molar-refractivity contribution in [2.45, 2.75) is 32.2 Å². The van der Waals surface area contributed by atoms with Crippen molar-refractivity contribution < 1.29 is 0 Å². The zero-order chi connectivity index (χ0) is 11.4. The van der Waals surface area contributed by atoms with Gasteiger partial charge in [0, 0.05) is 24.8 Å². The summed E-state index contributed by atoms with van der Waals surface area (Å²) in [5.41, 5.74) is 2.60. The summed E-state index contributed by atoms with van der Waals surface area (Å²) in [6.07, 6.45) is 4.20. The Morgan fingerprint density at radius 3 is 2.69 bits per heavy atom. The van der Waals surface area contributed by atoms with Gasteiger partial charge in [-0.15, -0.1) is 0 Å². The van der Waals surface area contributed by atoms with Gasteiger partial charge in [-0.1, -0.05) is 24.6 Å². The van der Waals surface area contributed by atoms with E-state index in [4.69, 9.17) is 0 Å². The van der Waals surface area contributed by atoms with E-state index in [0.29, 0.717) is 0 Å². The Morgan fingerprint density at radius 2 is 2.06 bits per heavy atom. The van der Waals surface area contributed by atoms with Gasteiger partial charge in [-0.2, -0.15) is 0 Å². The van der Waals surface area contributed by atoms with Gasteiger partial charge < -0.3 is 10.2 Å². The van der Waals surface area contributed by atoms with Crippen molar-refractivity contribution in [3.8, 4) is 0 Å². The van der Waals surface area contributed by atoms with Gasteiger partial charge in [-0.05, 0) is 38.4 Å². The highest BCUT2D eigenvalue weighted by Gasteiger charge is 2.21. The number of hydrogen-bond acceptors (Lipinski definition) is 2. The van der Waals surface area contributed by atoms with E-state index < -0.39 is 0 Å². The lowest BCUT2D eigenvalue weighted by atomic mass is 9.92. The Balaban J connectivity index is 1.73. The Bertz CT molecular complexity index is 331. The summed E-state index contributed by atoms with van der Waals surface area (Å²) in [5, 5.41) is 3.51. The third kappa shape index (κ3) is 2.76. The van der Waals surface area contributed by atoms with Crippen LogP contribution < -0.4 is 5.32 Å². The van der Waals surface area contributed by atoms with E-state index in [2.05, 4.69) is 48.5 Å². The van der Waals surface area contributed by atoms with Crippen LogP contribution in [0.15, 0.2) is 24.3 Å². The standard InChI is InChI=1S/C14H22N2/c1-12-6-3-4-9-14(12)15-10-11-16(2)13-7-5-8-13/h3-4,6,9,13,15H,5,7-8,10-11H2,1-2H3. The summed E-state index contributed by atoms with van der Waals surface area (Å²) < 4.78 is 0. The molecule has 0 saturated heterocycles. The summed E-state index contributed by atoms with van der Waals surface area (Å²) in [6.45, 7) is 4.33. The van der Waals surface area contributed by atoms with Crippen LogP contribution >= 0.6 is 0 Å². The second kappa shape index (κ2) is 5.35. The van der Waals surface area contributed by atoms with Gasteiger partial charge in [-0.3, -0.25) is 0 Å². The third-order valence-corrected chi connectivity index (χ3v) is 3.62. The first-order chi connectivity index (χ1) is 7.77. The number of nitrogens with one attached hydrogen (secondary N) is 1. The molecule has 0 spiro atoms. The predicted octanol–water partition coefficient (Wildman–Crippen LogP) is 2.89. The van der Waals surface area contributed by atoms with Crippen LogP contribution in [0, 0.1) is 6.92 Å². The van der Waals surface area contributed by atoms with Crippen LogP contribution in [-0.2, 0) is 0 Å². The molecule has 0 aliphatic heterocycles. The zero-order valence-electron chi connectivity index (χ0n) is 10.4. The number of benzene rings is 1. The zero-order valence-corrected chi connectivity index (χ0v) is 10.4. The van der Waals surface area contributed by atoms with Crippen molar-refractivity contribution in [2.75, 3.05) is 25.5 Å². The molecule has 2 heteroatoms. The van der Waals surface area contributed by atoms with Crippen molar-refractivity contribution in [3.05, 3.63) is 29.8 Å². The molecule has 1 saturated carbocycles. The number of hydrogen-bond donors (Lipinski definition) is 1. The number of anilines is 1. The largest absolute Gasteiger partial charge is 0.384 e. The van der Waals surface area contributed by atoms with E-state index >= 15 is 0 Å². The Hall–Kier alpha value is -1.02. The molecular formula is C14H22N2. The Morgan fingerprint density at radius 1 is 1.31 bits per heavy atom. The molecule has 2 rings (SSSR count). The summed E-state index contributed by atoms with van der Waals surface area (Å²) in [5.74, 6) is 0. The molecule has 1 N–H and O–H groups in total. The van der Waals surface area contributed by atoms with Crippen LogP contribution in [0.5, 0.6) is 0 Å². The molecule has 0 unspecified atom stereocenters. The fourth-order valence-electron chi connectivity index (χ4n) is 2.15. The van der Waals surface area contributed by atoms with Crippen molar-refractivity contribution in [1.29, 1.82) is 0 Å². The predicted molar refractivity (Wildman–Crippen MR) is 69.9 cm³/mol. The van der Waals surface area contributed by atoms with Crippen molar-refractivity contribution in [3.63, 3.8) is 0 Å². The molecule has 0 aromatic heterocycles. The lowest BCUT2D eigenvalue weighted by molar-refractivity contribution is 0.165. The van der Waals surface area contributed by atoms with E-state index in [9.17, 15) is 0 Å². The summed E-state index contributed by atoms with van der Waals surface area (Å²) in [4.78, 5) is 2.48. The number of aryl methyl sites for hydroxylation is 1. The van der Waals surface area contributed by atoms with E-state index in [1.165, 1.54) is 30.5 Å². The van der Waals surface area contributed by atoms with Crippen LogP contribution in [0.3, 0.4) is 0 Å². The fourth-order valence-corrected chi connectivity index (χ4v) is 2.15. The quantitative estimate of drug-likeness (QED) is 0.817. The van der Waals surface area contributed by atoms with Crippen LogP contribution in [0.1, 0.15) is 24.8 Å². The first kappa shape index (κ1) is 11.5. The van der Waals surface area contributed by atoms with E-state index in [1.807, 2.05) is 0 Å². The molecule has 0 atom stereocenters. The molecule has 1 aromatic carbocycles. The fraction of sp³-hybridized carbons (Fsp3) is 0.571. The van der Waals surface area contributed by atoms with E-state index in [1.54, 1.807) is 0 Å². The molecule has 1 aromatic rings. The maximum atomic E-state index is 3.51. The van der Waals surface area contributed by atoms with Crippen molar-refractivity contribution in [2.24, 2.45) is 0 Å². The highest BCUT2D eigenvalue weighted by Crippen LogP contribution is 2.23. The highest BCUT2D eigenvalue weighted by molar-refractivity contribution is 5.50. The van der Waals surface area contributed by atoms with Gasteiger partial charge in [0.15, 0.2) is 0 Å². The molecule has 0 amide bonds. The molecule has 2 nitrogen and oxygen atoms in total. The molecule has 1 aliphatic carbocycles. The van der Waals surface area contributed by atoms with Crippen molar-refractivity contribution in [1.82, 2.24) is 4.90 Å². The summed E-state index contributed by atoms with van der Waals surface area (Å²) in [7, 11) is 2.24. The van der Waals surface area contributed by atoms with Crippen molar-refractivity contribution >= 4 is 5.69 Å². The van der Waals surface area contributed by atoms with Gasteiger partial charge in [0.25, 0.3) is 0 Å². The Labute approximate surface area is 98.7 Å². The Kier molecular flexibility index (Phi) is 3.83. The molecule has 0 heterocycles. The average Bonchev–Trinajstić information content (AvgIpc) is 2.18. The van der Waals surface area contributed by atoms with Crippen LogP contribution in [0.4, 0.5) is 5.69 Å². The number of likely N-dealkylation sites (N-methyl/N-ethyl adjacent to an activating group) is 1. The molecule has 88 valence electrons. The SMILES string of the molecule is Cc1ccccc1NCCN(C)C1CCC1. The molecule has 0 bridgehead atoms. The summed E-state index contributed by atoms with van der Waals surface area (Å²) >= 11 is 0. The number of para-hydroxylation sites is 1. The van der Waals surface area contributed by atoms with Crippen LogP contribution in [-0.4, -0.2) is 31.1 Å². The minimum atomic E-state index is 0.846. The van der Waals surface area contributed by atoms with Crippen LogP contribution in [0.2, 0.25) is 0 Å². The molecule has 0 radical (unpaired) electrons. The van der Waals surface area contributed by atoms with Gasteiger partial charge in [0.05, 0.1) is 0 Å². The second-order valence-corrected chi connectivity index (χ2v) is 4.81. The monoisotopic (exact) mass is 218 g/mol. The highest BCUT2D eigenvalue weighted by atomic mass is 15.1. The number of rotatable bonds is 5. The molecule has 1 aliphatic rings. The summed E-state index contributed by atoms with van der Waals surface area (Å²) in [6, 6.07) is 9.32. The first-order valence-corrected chi connectivity index (χ1v) is 6.27. The maximum absolute atomic E-state index is 3.51. The van der Waals surface area contributed by atoms with Gasteiger partial charge in [0.2, 0.25) is 0 Å². The minimum absolute atomic E-state index is 0.846. The van der Waals surface area contributed by atoms with Crippen LogP contribution in [0.25, 0.3) is 0 Å². The van der Waals surface area contributed by atoms with E-state index in [0.717, 1.165) is 19.1 Å². The molecule has 16 heavy (non-hydrogen) atoms. The lowest BCUT2D eigenvalue weighted by Gasteiger charge is -2.34. The maximum Gasteiger partial charge on any atom is 0.0370 e. The smallest absolute Gasteiger partial charge is 0.0370 e.